The summed E-state index contributed by atoms with van der Waals surface area (Å²) in [5.74, 6) is -0.212. The van der Waals surface area contributed by atoms with Gasteiger partial charge in [-0.3, -0.25) is 4.79 Å². The van der Waals surface area contributed by atoms with Crippen LogP contribution in [-0.4, -0.2) is 37.0 Å². The minimum absolute atomic E-state index is 0. The van der Waals surface area contributed by atoms with Crippen molar-refractivity contribution in [1.82, 2.24) is 10.2 Å². The van der Waals surface area contributed by atoms with Gasteiger partial charge >= 0.3 is 6.18 Å². The predicted molar refractivity (Wildman–Crippen MR) is 85.6 cm³/mol. The molecule has 0 radical (unpaired) electrons. The Hall–Kier alpha value is -1.27. The van der Waals surface area contributed by atoms with Crippen molar-refractivity contribution in [3.05, 3.63) is 35.4 Å². The second kappa shape index (κ2) is 8.02. The van der Waals surface area contributed by atoms with Crippen LogP contribution in [0.3, 0.4) is 0 Å². The third-order valence-electron chi connectivity index (χ3n) is 4.17. The van der Waals surface area contributed by atoms with Crippen molar-refractivity contribution in [2.45, 2.75) is 32.0 Å². The quantitative estimate of drug-likeness (QED) is 0.905. The summed E-state index contributed by atoms with van der Waals surface area (Å²) in [6.45, 7) is 3.53. The maximum Gasteiger partial charge on any atom is 0.416 e. The van der Waals surface area contributed by atoms with E-state index in [1.807, 2.05) is 6.92 Å². The molecule has 1 amide bonds. The van der Waals surface area contributed by atoms with Gasteiger partial charge in [-0.05, 0) is 37.1 Å². The Balaban J connectivity index is 0.00000264. The Morgan fingerprint density at radius 3 is 2.43 bits per heavy atom. The maximum atomic E-state index is 12.5. The van der Waals surface area contributed by atoms with Crippen LogP contribution in [-0.2, 0) is 17.4 Å². The smallest absolute Gasteiger partial charge is 0.341 e. The molecule has 1 saturated heterocycles. The van der Waals surface area contributed by atoms with E-state index in [0.717, 1.165) is 37.2 Å². The summed E-state index contributed by atoms with van der Waals surface area (Å²) in [6, 6.07) is 5.24. The van der Waals surface area contributed by atoms with Crippen molar-refractivity contribution >= 4 is 18.3 Å². The highest BCUT2D eigenvalue weighted by atomic mass is 35.5. The first-order valence-electron chi connectivity index (χ1n) is 7.42. The second-order valence-electron chi connectivity index (χ2n) is 5.90. The Labute approximate surface area is 140 Å². The first-order chi connectivity index (χ1) is 10.3. The number of likely N-dealkylation sites (N-methyl/N-ethyl adjacent to an activating group) is 1. The lowest BCUT2D eigenvalue weighted by atomic mass is 9.98. The molecule has 3 nitrogen and oxygen atoms in total. The molecular formula is C16H22ClF3N2O. The van der Waals surface area contributed by atoms with Crippen LogP contribution < -0.4 is 5.32 Å². The number of hydrogen-bond donors (Lipinski definition) is 1. The van der Waals surface area contributed by atoms with Crippen LogP contribution in [0.2, 0.25) is 0 Å². The first kappa shape index (κ1) is 19.8. The Bertz CT molecular complexity index is 513. The van der Waals surface area contributed by atoms with Crippen LogP contribution in [0.1, 0.15) is 24.5 Å². The average molecular weight is 351 g/mol. The van der Waals surface area contributed by atoms with Crippen molar-refractivity contribution in [2.24, 2.45) is 5.92 Å². The summed E-state index contributed by atoms with van der Waals surface area (Å²) in [7, 11) is 1.79. The molecule has 0 aromatic heterocycles. The van der Waals surface area contributed by atoms with Gasteiger partial charge in [0.05, 0.1) is 5.56 Å². The van der Waals surface area contributed by atoms with E-state index in [0.29, 0.717) is 6.42 Å². The normalized spacial score (nSPS) is 19.1. The fraction of sp³-hybridized carbons (Fsp3) is 0.562. The van der Waals surface area contributed by atoms with Gasteiger partial charge in [-0.15, -0.1) is 12.4 Å². The van der Waals surface area contributed by atoms with Gasteiger partial charge in [-0.1, -0.05) is 19.1 Å². The fourth-order valence-corrected chi connectivity index (χ4v) is 2.77. The number of amides is 1. The lowest BCUT2D eigenvalue weighted by Gasteiger charge is -2.27. The largest absolute Gasteiger partial charge is 0.416 e. The number of hydrogen-bond acceptors (Lipinski definition) is 2. The van der Waals surface area contributed by atoms with Crippen LogP contribution in [0.5, 0.6) is 0 Å². The van der Waals surface area contributed by atoms with Crippen LogP contribution in [0.4, 0.5) is 13.2 Å². The van der Waals surface area contributed by atoms with Gasteiger partial charge in [0.25, 0.3) is 0 Å². The number of rotatable bonds is 4. The zero-order chi connectivity index (χ0) is 16.3. The minimum Gasteiger partial charge on any atom is -0.341 e. The lowest BCUT2D eigenvalue weighted by molar-refractivity contribution is -0.138. The number of carbonyl (C=O) groups is 1. The number of nitrogens with zero attached hydrogens (tertiary/aromatic N) is 1. The van der Waals surface area contributed by atoms with E-state index in [1.165, 1.54) is 12.1 Å². The molecule has 23 heavy (non-hydrogen) atoms. The number of carbonyl (C=O) groups excluding carboxylic acids is 1. The van der Waals surface area contributed by atoms with Crippen LogP contribution in [0.15, 0.2) is 24.3 Å². The van der Waals surface area contributed by atoms with E-state index in [-0.39, 0.29) is 30.3 Å². The van der Waals surface area contributed by atoms with E-state index in [4.69, 9.17) is 0 Å². The highest BCUT2D eigenvalue weighted by Gasteiger charge is 2.30. The standard InChI is InChI=1S/C16H21F3N2O.ClH/c1-11(15(22)21(2)14-7-8-20-10-14)9-12-3-5-13(6-4-12)16(17,18)19;/h3-6,11,14,20H,7-10H2,1-2H3;1H. The summed E-state index contributed by atoms with van der Waals surface area (Å²) in [4.78, 5) is 14.1. The van der Waals surface area contributed by atoms with Crippen molar-refractivity contribution in [3.63, 3.8) is 0 Å². The highest BCUT2D eigenvalue weighted by Crippen LogP contribution is 2.29. The molecule has 130 valence electrons. The molecule has 2 atom stereocenters. The van der Waals surface area contributed by atoms with Gasteiger partial charge in [0.15, 0.2) is 0 Å². The number of alkyl halides is 3. The van der Waals surface area contributed by atoms with E-state index < -0.39 is 11.7 Å². The summed E-state index contributed by atoms with van der Waals surface area (Å²) in [6.07, 6.45) is -2.94. The monoisotopic (exact) mass is 350 g/mol. The molecule has 1 N–H and O–H groups in total. The molecule has 7 heteroatoms. The SMILES string of the molecule is CC(Cc1ccc(C(F)(F)F)cc1)C(=O)N(C)C1CCNC1.Cl. The highest BCUT2D eigenvalue weighted by molar-refractivity contribution is 5.85. The van der Waals surface area contributed by atoms with E-state index in [1.54, 1.807) is 11.9 Å². The molecule has 0 aliphatic carbocycles. The van der Waals surface area contributed by atoms with Crippen LogP contribution in [0, 0.1) is 5.92 Å². The average Bonchev–Trinajstić information content (AvgIpc) is 2.99. The number of halogens is 4. The second-order valence-corrected chi connectivity index (χ2v) is 5.90. The molecule has 1 aliphatic heterocycles. The van der Waals surface area contributed by atoms with Gasteiger partial charge in [0, 0.05) is 25.6 Å². The topological polar surface area (TPSA) is 32.3 Å². The molecule has 0 bridgehead atoms. The van der Waals surface area contributed by atoms with Gasteiger partial charge in [-0.2, -0.15) is 13.2 Å². The lowest BCUT2D eigenvalue weighted by Crippen LogP contribution is -2.41. The van der Waals surface area contributed by atoms with Gasteiger partial charge in [-0.25, -0.2) is 0 Å². The molecule has 1 heterocycles. The molecule has 2 rings (SSSR count). The van der Waals surface area contributed by atoms with Crippen molar-refractivity contribution < 1.29 is 18.0 Å². The Morgan fingerprint density at radius 1 is 1.35 bits per heavy atom. The van der Waals surface area contributed by atoms with Gasteiger partial charge in [0.1, 0.15) is 0 Å². The molecule has 0 spiro atoms. The van der Waals surface area contributed by atoms with Crippen LogP contribution in [0.25, 0.3) is 0 Å². The van der Waals surface area contributed by atoms with Crippen molar-refractivity contribution in [1.29, 1.82) is 0 Å². The van der Waals surface area contributed by atoms with Gasteiger partial charge < -0.3 is 10.2 Å². The molecule has 2 unspecified atom stereocenters. The summed E-state index contributed by atoms with van der Waals surface area (Å²) < 4.78 is 37.6. The zero-order valence-electron chi connectivity index (χ0n) is 13.2. The summed E-state index contributed by atoms with van der Waals surface area (Å²) in [5, 5.41) is 3.22. The fourth-order valence-electron chi connectivity index (χ4n) is 2.77. The molecular weight excluding hydrogens is 329 g/mol. The first-order valence-corrected chi connectivity index (χ1v) is 7.42. The number of nitrogens with one attached hydrogen (secondary N) is 1. The third-order valence-corrected chi connectivity index (χ3v) is 4.17. The minimum atomic E-state index is -4.32. The zero-order valence-corrected chi connectivity index (χ0v) is 14.0. The van der Waals surface area contributed by atoms with E-state index in [2.05, 4.69) is 5.32 Å². The summed E-state index contributed by atoms with van der Waals surface area (Å²) in [5.41, 5.74) is 0.0798. The maximum absolute atomic E-state index is 12.5. The molecule has 1 aromatic carbocycles. The third kappa shape index (κ3) is 5.11. The number of benzene rings is 1. The molecule has 1 fully saturated rings. The van der Waals surface area contributed by atoms with Crippen molar-refractivity contribution in [3.8, 4) is 0 Å². The van der Waals surface area contributed by atoms with E-state index in [9.17, 15) is 18.0 Å². The van der Waals surface area contributed by atoms with E-state index >= 15 is 0 Å². The molecule has 1 aliphatic rings. The van der Waals surface area contributed by atoms with Crippen LogP contribution >= 0.6 is 12.4 Å². The summed E-state index contributed by atoms with van der Waals surface area (Å²) >= 11 is 0. The Morgan fingerprint density at radius 2 is 1.96 bits per heavy atom. The predicted octanol–water partition coefficient (Wildman–Crippen LogP) is 3.13. The molecule has 0 saturated carbocycles. The Kier molecular flexibility index (Phi) is 6.89. The van der Waals surface area contributed by atoms with Gasteiger partial charge in [0.2, 0.25) is 5.91 Å². The molecule has 1 aromatic rings. The van der Waals surface area contributed by atoms with Crippen molar-refractivity contribution in [2.75, 3.05) is 20.1 Å².